The summed E-state index contributed by atoms with van der Waals surface area (Å²) in [5.74, 6) is 1.14. The maximum absolute atomic E-state index is 11.4. The number of nitrogens with one attached hydrogen (secondary N) is 1. The molecule has 0 aliphatic carbocycles. The van der Waals surface area contributed by atoms with Gasteiger partial charge in [0.1, 0.15) is 5.75 Å². The summed E-state index contributed by atoms with van der Waals surface area (Å²) in [7, 11) is 0. The van der Waals surface area contributed by atoms with Gasteiger partial charge in [0.05, 0.1) is 0 Å². The summed E-state index contributed by atoms with van der Waals surface area (Å²) in [4.78, 5) is 17.7. The summed E-state index contributed by atoms with van der Waals surface area (Å²) >= 11 is 0. The van der Waals surface area contributed by atoms with E-state index in [-0.39, 0.29) is 11.4 Å². The highest BCUT2D eigenvalue weighted by molar-refractivity contribution is 5.31. The van der Waals surface area contributed by atoms with E-state index in [2.05, 4.69) is 23.8 Å². The van der Waals surface area contributed by atoms with Crippen molar-refractivity contribution in [1.82, 2.24) is 9.97 Å². The Labute approximate surface area is 99.3 Å². The van der Waals surface area contributed by atoms with Gasteiger partial charge in [-0.1, -0.05) is 26.0 Å². The van der Waals surface area contributed by atoms with Crippen molar-refractivity contribution in [3.05, 3.63) is 52.6 Å². The van der Waals surface area contributed by atoms with Gasteiger partial charge in [-0.15, -0.1) is 0 Å². The quantitative estimate of drug-likeness (QED) is 0.881. The third kappa shape index (κ3) is 2.72. The molecule has 0 fully saturated rings. The number of ether oxygens (including phenoxy) is 1. The lowest BCUT2D eigenvalue weighted by Gasteiger charge is -2.07. The molecule has 0 atom stereocenters. The number of aromatic amines is 1. The van der Waals surface area contributed by atoms with Gasteiger partial charge >= 0.3 is 5.56 Å². The third-order valence-electron chi connectivity index (χ3n) is 2.44. The van der Waals surface area contributed by atoms with Gasteiger partial charge in [-0.3, -0.25) is 4.79 Å². The first-order valence-electron chi connectivity index (χ1n) is 5.48. The van der Waals surface area contributed by atoms with Crippen LogP contribution in [0.2, 0.25) is 0 Å². The van der Waals surface area contributed by atoms with Crippen LogP contribution in [0.3, 0.4) is 0 Å². The van der Waals surface area contributed by atoms with E-state index in [4.69, 9.17) is 4.74 Å². The number of hydrogen-bond donors (Lipinski definition) is 1. The molecule has 2 rings (SSSR count). The fraction of sp³-hybridized carbons (Fsp3) is 0.231. The zero-order valence-corrected chi connectivity index (χ0v) is 9.81. The van der Waals surface area contributed by atoms with Crippen LogP contribution in [0.4, 0.5) is 0 Å². The number of benzene rings is 1. The van der Waals surface area contributed by atoms with Crippen molar-refractivity contribution >= 4 is 0 Å². The Balaban J connectivity index is 2.20. The van der Waals surface area contributed by atoms with Gasteiger partial charge in [0, 0.05) is 12.4 Å². The van der Waals surface area contributed by atoms with E-state index in [0.717, 1.165) is 0 Å². The molecule has 4 heteroatoms. The normalized spacial score (nSPS) is 10.5. The minimum atomic E-state index is -0.333. The molecule has 2 aromatic rings. The number of aromatic nitrogens is 2. The van der Waals surface area contributed by atoms with E-state index >= 15 is 0 Å². The van der Waals surface area contributed by atoms with Crippen LogP contribution in [0.5, 0.6) is 11.6 Å². The molecule has 88 valence electrons. The fourth-order valence-corrected chi connectivity index (χ4v) is 1.44. The predicted octanol–water partition coefficient (Wildman–Crippen LogP) is 2.69. The molecule has 0 saturated carbocycles. The average Bonchev–Trinajstić information content (AvgIpc) is 2.33. The maximum Gasteiger partial charge on any atom is 0.311 e. The van der Waals surface area contributed by atoms with Crippen molar-refractivity contribution in [2.24, 2.45) is 0 Å². The van der Waals surface area contributed by atoms with E-state index in [9.17, 15) is 4.79 Å². The second-order valence-corrected chi connectivity index (χ2v) is 4.05. The topological polar surface area (TPSA) is 55.0 Å². The monoisotopic (exact) mass is 230 g/mol. The van der Waals surface area contributed by atoms with Crippen LogP contribution in [0.25, 0.3) is 0 Å². The van der Waals surface area contributed by atoms with Crippen LogP contribution >= 0.6 is 0 Å². The molecule has 1 aromatic heterocycles. The number of hydrogen-bond acceptors (Lipinski definition) is 3. The largest absolute Gasteiger partial charge is 0.435 e. The standard InChI is InChI=1S/C13H14N2O2/c1-9(2)10-3-5-11(6-4-10)17-13-12(16)14-7-8-15-13/h3-9H,1-2H3,(H,14,16). The van der Waals surface area contributed by atoms with Gasteiger partial charge in [0.15, 0.2) is 0 Å². The Morgan fingerprint density at radius 1 is 1.24 bits per heavy atom. The molecular formula is C13H14N2O2. The summed E-state index contributed by atoms with van der Waals surface area (Å²) in [6, 6.07) is 7.64. The highest BCUT2D eigenvalue weighted by Crippen LogP contribution is 2.20. The van der Waals surface area contributed by atoms with Gasteiger partial charge in [-0.25, -0.2) is 4.98 Å². The molecule has 0 radical (unpaired) electrons. The molecule has 1 heterocycles. The van der Waals surface area contributed by atoms with Crippen LogP contribution < -0.4 is 10.3 Å². The van der Waals surface area contributed by atoms with Crippen LogP contribution in [0.1, 0.15) is 25.3 Å². The lowest BCUT2D eigenvalue weighted by Crippen LogP contribution is -2.09. The molecule has 1 aromatic carbocycles. The number of nitrogens with zero attached hydrogens (tertiary/aromatic N) is 1. The Morgan fingerprint density at radius 3 is 2.53 bits per heavy atom. The van der Waals surface area contributed by atoms with Crippen LogP contribution in [-0.4, -0.2) is 9.97 Å². The molecule has 0 unspecified atom stereocenters. The van der Waals surface area contributed by atoms with Crippen molar-refractivity contribution in [2.45, 2.75) is 19.8 Å². The molecular weight excluding hydrogens is 216 g/mol. The van der Waals surface area contributed by atoms with E-state index < -0.39 is 0 Å². The second-order valence-electron chi connectivity index (χ2n) is 4.05. The van der Waals surface area contributed by atoms with E-state index in [1.807, 2.05) is 24.3 Å². The summed E-state index contributed by atoms with van der Waals surface area (Å²) in [6.07, 6.45) is 2.95. The first-order chi connectivity index (χ1) is 8.16. The molecule has 0 spiro atoms. The summed E-state index contributed by atoms with van der Waals surface area (Å²) < 4.78 is 5.39. The van der Waals surface area contributed by atoms with Gasteiger partial charge < -0.3 is 9.72 Å². The molecule has 0 aliphatic heterocycles. The Kier molecular flexibility index (Phi) is 3.23. The van der Waals surface area contributed by atoms with Crippen LogP contribution in [-0.2, 0) is 0 Å². The maximum atomic E-state index is 11.4. The van der Waals surface area contributed by atoms with Gasteiger partial charge in [-0.05, 0) is 23.6 Å². The smallest absolute Gasteiger partial charge is 0.311 e. The first kappa shape index (κ1) is 11.4. The van der Waals surface area contributed by atoms with E-state index in [0.29, 0.717) is 11.7 Å². The van der Waals surface area contributed by atoms with Crippen molar-refractivity contribution in [2.75, 3.05) is 0 Å². The first-order valence-corrected chi connectivity index (χ1v) is 5.48. The van der Waals surface area contributed by atoms with E-state index in [1.54, 1.807) is 0 Å². The van der Waals surface area contributed by atoms with Gasteiger partial charge in [0.2, 0.25) is 0 Å². The zero-order chi connectivity index (χ0) is 12.3. The molecule has 17 heavy (non-hydrogen) atoms. The molecule has 4 nitrogen and oxygen atoms in total. The Hall–Kier alpha value is -2.10. The van der Waals surface area contributed by atoms with Crippen molar-refractivity contribution in [1.29, 1.82) is 0 Å². The molecule has 1 N–H and O–H groups in total. The predicted molar refractivity (Wildman–Crippen MR) is 65.5 cm³/mol. The van der Waals surface area contributed by atoms with Crippen molar-refractivity contribution < 1.29 is 4.74 Å². The third-order valence-corrected chi connectivity index (χ3v) is 2.44. The van der Waals surface area contributed by atoms with Gasteiger partial charge in [0.25, 0.3) is 5.88 Å². The Morgan fingerprint density at radius 2 is 1.94 bits per heavy atom. The molecule has 0 bridgehead atoms. The highest BCUT2D eigenvalue weighted by Gasteiger charge is 2.04. The van der Waals surface area contributed by atoms with E-state index in [1.165, 1.54) is 18.0 Å². The molecule has 0 amide bonds. The lowest BCUT2D eigenvalue weighted by atomic mass is 10.0. The Bertz CT molecular complexity index is 544. The number of H-pyrrole nitrogens is 1. The van der Waals surface area contributed by atoms with Crippen LogP contribution in [0.15, 0.2) is 41.5 Å². The van der Waals surface area contributed by atoms with Crippen LogP contribution in [0, 0.1) is 0 Å². The van der Waals surface area contributed by atoms with Gasteiger partial charge in [-0.2, -0.15) is 0 Å². The average molecular weight is 230 g/mol. The number of rotatable bonds is 3. The zero-order valence-electron chi connectivity index (χ0n) is 9.81. The SMILES string of the molecule is CC(C)c1ccc(Oc2ncc[nH]c2=O)cc1. The summed E-state index contributed by atoms with van der Waals surface area (Å²) in [5.41, 5.74) is 0.896. The fourth-order valence-electron chi connectivity index (χ4n) is 1.44. The van der Waals surface area contributed by atoms with Crippen molar-refractivity contribution in [3.63, 3.8) is 0 Å². The summed E-state index contributed by atoms with van der Waals surface area (Å²) in [6.45, 7) is 4.25. The molecule has 0 aliphatic rings. The lowest BCUT2D eigenvalue weighted by molar-refractivity contribution is 0.454. The second kappa shape index (κ2) is 4.82. The summed E-state index contributed by atoms with van der Waals surface area (Å²) in [5, 5.41) is 0. The highest BCUT2D eigenvalue weighted by atomic mass is 16.5. The molecule has 0 saturated heterocycles. The minimum absolute atomic E-state index is 0.0600. The van der Waals surface area contributed by atoms with Crippen molar-refractivity contribution in [3.8, 4) is 11.6 Å². The minimum Gasteiger partial charge on any atom is -0.435 e.